The van der Waals surface area contributed by atoms with Crippen molar-refractivity contribution in [3.63, 3.8) is 0 Å². The van der Waals surface area contributed by atoms with Crippen LogP contribution in [0.2, 0.25) is 0 Å². The molecule has 0 aliphatic heterocycles. The quantitative estimate of drug-likeness (QED) is 0.569. The van der Waals surface area contributed by atoms with Gasteiger partial charge >= 0.3 is 5.97 Å². The summed E-state index contributed by atoms with van der Waals surface area (Å²) in [6.45, 7) is 8.69. The minimum absolute atomic E-state index is 0.106. The topological polar surface area (TPSA) is 29.5 Å². The van der Waals surface area contributed by atoms with E-state index in [4.69, 9.17) is 4.74 Å². The molecule has 0 aromatic heterocycles. The van der Waals surface area contributed by atoms with Crippen LogP contribution in [0.15, 0.2) is 0 Å². The van der Waals surface area contributed by atoms with Gasteiger partial charge in [0.15, 0.2) is 0 Å². The fourth-order valence-corrected chi connectivity index (χ4v) is 1.73. The number of hydrogen-bond acceptors (Lipinski definition) is 3. The van der Waals surface area contributed by atoms with Crippen molar-refractivity contribution in [2.45, 2.75) is 58.9 Å². The molecule has 0 bridgehead atoms. The van der Waals surface area contributed by atoms with Crippen molar-refractivity contribution in [3.8, 4) is 0 Å². The molecule has 0 spiro atoms. The third-order valence-corrected chi connectivity index (χ3v) is 2.91. The van der Waals surface area contributed by atoms with E-state index in [1.165, 1.54) is 32.8 Å². The maximum atomic E-state index is 11.2. The van der Waals surface area contributed by atoms with Crippen LogP contribution in [0.1, 0.15) is 52.9 Å². The van der Waals surface area contributed by atoms with Crippen molar-refractivity contribution in [1.29, 1.82) is 0 Å². The first-order valence-corrected chi connectivity index (χ1v) is 6.46. The van der Waals surface area contributed by atoms with Crippen LogP contribution in [0.4, 0.5) is 0 Å². The maximum Gasteiger partial charge on any atom is 0.307 e. The van der Waals surface area contributed by atoms with E-state index in [0.717, 1.165) is 13.1 Å². The fourth-order valence-electron chi connectivity index (χ4n) is 1.73. The van der Waals surface area contributed by atoms with Crippen LogP contribution in [-0.2, 0) is 9.53 Å². The molecule has 16 heavy (non-hydrogen) atoms. The molecule has 0 rings (SSSR count). The molecule has 3 nitrogen and oxygen atoms in total. The van der Waals surface area contributed by atoms with Crippen molar-refractivity contribution in [1.82, 2.24) is 4.90 Å². The minimum Gasteiger partial charge on any atom is -0.469 e. The molecule has 0 N–H and O–H groups in total. The highest BCUT2D eigenvalue weighted by Gasteiger charge is 2.16. The second-order valence-corrected chi connectivity index (χ2v) is 4.37. The molecule has 0 heterocycles. The summed E-state index contributed by atoms with van der Waals surface area (Å²) in [6, 6.07) is 0.297. The molecule has 0 radical (unpaired) electrons. The van der Waals surface area contributed by atoms with Crippen LogP contribution >= 0.6 is 0 Å². The van der Waals surface area contributed by atoms with Crippen molar-refractivity contribution in [3.05, 3.63) is 0 Å². The summed E-state index contributed by atoms with van der Waals surface area (Å²) in [5, 5.41) is 0. The highest BCUT2D eigenvalue weighted by atomic mass is 16.5. The van der Waals surface area contributed by atoms with Crippen LogP contribution in [0, 0.1) is 0 Å². The standard InChI is InChI=1S/C13H27NO2/c1-5-7-9-14(10-8-6-2)12(3)11-13(15)16-4/h12H,5-11H2,1-4H3. The maximum absolute atomic E-state index is 11.2. The van der Waals surface area contributed by atoms with Gasteiger partial charge in [-0.1, -0.05) is 26.7 Å². The van der Waals surface area contributed by atoms with Crippen LogP contribution in [0.25, 0.3) is 0 Å². The number of methoxy groups -OCH3 is 1. The van der Waals surface area contributed by atoms with Crippen molar-refractivity contribution >= 4 is 5.97 Å². The molecule has 0 aromatic rings. The molecule has 96 valence electrons. The van der Waals surface area contributed by atoms with Crippen LogP contribution < -0.4 is 0 Å². The first-order chi connectivity index (χ1) is 7.65. The van der Waals surface area contributed by atoms with Crippen LogP contribution in [0.5, 0.6) is 0 Å². The summed E-state index contributed by atoms with van der Waals surface area (Å²) >= 11 is 0. The lowest BCUT2D eigenvalue weighted by atomic mass is 10.1. The van der Waals surface area contributed by atoms with Gasteiger partial charge in [-0.25, -0.2) is 0 Å². The van der Waals surface area contributed by atoms with E-state index < -0.39 is 0 Å². The lowest BCUT2D eigenvalue weighted by Crippen LogP contribution is -2.36. The molecule has 0 aliphatic rings. The average molecular weight is 229 g/mol. The zero-order chi connectivity index (χ0) is 12.4. The van der Waals surface area contributed by atoms with Gasteiger partial charge in [-0.3, -0.25) is 4.79 Å². The monoisotopic (exact) mass is 229 g/mol. The van der Waals surface area contributed by atoms with Crippen LogP contribution in [0.3, 0.4) is 0 Å². The number of carbonyl (C=O) groups is 1. The van der Waals surface area contributed by atoms with Crippen LogP contribution in [-0.4, -0.2) is 37.1 Å². The van der Waals surface area contributed by atoms with E-state index in [1.807, 2.05) is 0 Å². The molecule has 0 aromatic carbocycles. The number of carbonyl (C=O) groups excluding carboxylic acids is 1. The van der Waals surface area contributed by atoms with E-state index in [2.05, 4.69) is 25.7 Å². The summed E-state index contributed by atoms with van der Waals surface area (Å²) < 4.78 is 4.71. The van der Waals surface area contributed by atoms with Gasteiger partial charge in [0.1, 0.15) is 0 Å². The van der Waals surface area contributed by atoms with Crippen molar-refractivity contribution in [2.75, 3.05) is 20.2 Å². The first-order valence-electron chi connectivity index (χ1n) is 6.46. The molecule has 0 saturated carbocycles. The lowest BCUT2D eigenvalue weighted by Gasteiger charge is -2.28. The Morgan fingerprint density at radius 1 is 1.19 bits per heavy atom. The molecule has 0 saturated heterocycles. The SMILES string of the molecule is CCCCN(CCCC)C(C)CC(=O)OC. The number of rotatable bonds is 9. The predicted molar refractivity (Wildman–Crippen MR) is 67.5 cm³/mol. The molecular weight excluding hydrogens is 202 g/mol. The molecule has 1 unspecified atom stereocenters. The molecule has 3 heteroatoms. The molecule has 0 amide bonds. The largest absolute Gasteiger partial charge is 0.469 e. The van der Waals surface area contributed by atoms with Gasteiger partial charge in [0.05, 0.1) is 13.5 Å². The second kappa shape index (κ2) is 9.64. The summed E-state index contributed by atoms with van der Waals surface area (Å²) in [6.07, 6.45) is 5.32. The zero-order valence-corrected chi connectivity index (χ0v) is 11.3. The Labute approximate surface area is 100 Å². The van der Waals surface area contributed by atoms with Gasteiger partial charge in [0.25, 0.3) is 0 Å². The normalized spacial score (nSPS) is 12.8. The third-order valence-electron chi connectivity index (χ3n) is 2.91. The summed E-state index contributed by atoms with van der Waals surface area (Å²) in [4.78, 5) is 13.6. The van der Waals surface area contributed by atoms with Gasteiger partial charge < -0.3 is 9.64 Å². The Bertz CT molecular complexity index is 175. The summed E-state index contributed by atoms with van der Waals surface area (Å²) in [5.74, 6) is -0.106. The Hall–Kier alpha value is -0.570. The van der Waals surface area contributed by atoms with E-state index in [0.29, 0.717) is 12.5 Å². The number of hydrogen-bond donors (Lipinski definition) is 0. The third kappa shape index (κ3) is 6.83. The van der Waals surface area contributed by atoms with Gasteiger partial charge in [-0.05, 0) is 32.9 Å². The number of esters is 1. The van der Waals surface area contributed by atoms with E-state index in [-0.39, 0.29) is 5.97 Å². The fraction of sp³-hybridized carbons (Fsp3) is 0.923. The van der Waals surface area contributed by atoms with Crippen molar-refractivity contribution < 1.29 is 9.53 Å². The Kier molecular flexibility index (Phi) is 9.30. The average Bonchev–Trinajstić information content (AvgIpc) is 2.28. The lowest BCUT2D eigenvalue weighted by molar-refractivity contribution is -0.141. The summed E-state index contributed by atoms with van der Waals surface area (Å²) in [5.41, 5.74) is 0. The van der Waals surface area contributed by atoms with E-state index in [9.17, 15) is 4.79 Å². The molecular formula is C13H27NO2. The van der Waals surface area contributed by atoms with Gasteiger partial charge in [0.2, 0.25) is 0 Å². The molecule has 0 fully saturated rings. The summed E-state index contributed by atoms with van der Waals surface area (Å²) in [7, 11) is 1.46. The number of nitrogens with zero attached hydrogens (tertiary/aromatic N) is 1. The Balaban J connectivity index is 4.07. The van der Waals surface area contributed by atoms with E-state index in [1.54, 1.807) is 0 Å². The second-order valence-electron chi connectivity index (χ2n) is 4.37. The highest BCUT2D eigenvalue weighted by Crippen LogP contribution is 2.08. The Morgan fingerprint density at radius 3 is 2.06 bits per heavy atom. The van der Waals surface area contributed by atoms with Gasteiger partial charge in [-0.2, -0.15) is 0 Å². The predicted octanol–water partition coefficient (Wildman–Crippen LogP) is 2.84. The molecule has 1 atom stereocenters. The van der Waals surface area contributed by atoms with Crippen molar-refractivity contribution in [2.24, 2.45) is 0 Å². The van der Waals surface area contributed by atoms with Gasteiger partial charge in [-0.15, -0.1) is 0 Å². The molecule has 0 aliphatic carbocycles. The number of unbranched alkanes of at least 4 members (excludes halogenated alkanes) is 2. The first kappa shape index (κ1) is 15.4. The minimum atomic E-state index is -0.106. The number of ether oxygens (including phenoxy) is 1. The zero-order valence-electron chi connectivity index (χ0n) is 11.3. The van der Waals surface area contributed by atoms with E-state index >= 15 is 0 Å². The van der Waals surface area contributed by atoms with Gasteiger partial charge in [0, 0.05) is 6.04 Å². The highest BCUT2D eigenvalue weighted by molar-refractivity contribution is 5.69. The Morgan fingerprint density at radius 2 is 1.69 bits per heavy atom. The smallest absolute Gasteiger partial charge is 0.307 e.